The van der Waals surface area contributed by atoms with E-state index in [1.165, 1.54) is 10.2 Å². The quantitative estimate of drug-likeness (QED) is 0.703. The average Bonchev–Trinajstić information content (AvgIpc) is 2.24. The van der Waals surface area contributed by atoms with E-state index in [1.54, 1.807) is 19.3 Å². The zero-order chi connectivity index (χ0) is 10.8. The molecule has 15 heavy (non-hydrogen) atoms. The topological polar surface area (TPSA) is 34.9 Å². The molecule has 0 amide bonds. The first kappa shape index (κ1) is 9.65. The molecule has 0 fully saturated rings. The largest absolute Gasteiger partial charge is 0.274 e. The molecule has 0 bridgehead atoms. The van der Waals surface area contributed by atoms with Gasteiger partial charge in [0.15, 0.2) is 0 Å². The molecule has 2 aromatic rings. The highest BCUT2D eigenvalue weighted by molar-refractivity contribution is 5.62. The van der Waals surface area contributed by atoms with Gasteiger partial charge in [0.2, 0.25) is 0 Å². The highest BCUT2D eigenvalue weighted by Gasteiger charge is 2.03. The fourth-order valence-corrected chi connectivity index (χ4v) is 1.46. The van der Waals surface area contributed by atoms with Crippen LogP contribution in [0, 0.1) is 6.92 Å². The maximum absolute atomic E-state index is 11.8. The Morgan fingerprint density at radius 2 is 1.80 bits per heavy atom. The van der Waals surface area contributed by atoms with E-state index < -0.39 is 0 Å². The minimum Gasteiger partial charge on any atom is -0.267 e. The molecule has 3 nitrogen and oxygen atoms in total. The number of benzene rings is 1. The van der Waals surface area contributed by atoms with Crippen LogP contribution in [0.1, 0.15) is 5.56 Å². The van der Waals surface area contributed by atoms with Crippen LogP contribution in [0.4, 0.5) is 0 Å². The molecule has 0 spiro atoms. The lowest BCUT2D eigenvalue weighted by Gasteiger charge is -2.02. The molecule has 1 aromatic heterocycles. The van der Waals surface area contributed by atoms with Gasteiger partial charge in [0, 0.05) is 13.2 Å². The lowest BCUT2D eigenvalue weighted by Crippen LogP contribution is -2.20. The summed E-state index contributed by atoms with van der Waals surface area (Å²) in [5.41, 5.74) is 2.74. The summed E-state index contributed by atoms with van der Waals surface area (Å²) >= 11 is 0. The van der Waals surface area contributed by atoms with Gasteiger partial charge >= 0.3 is 0 Å². The van der Waals surface area contributed by atoms with Crippen molar-refractivity contribution in [2.24, 2.45) is 7.05 Å². The lowest BCUT2D eigenvalue weighted by molar-refractivity contribution is 0.709. The third-order valence-electron chi connectivity index (χ3n) is 2.37. The predicted molar refractivity (Wildman–Crippen MR) is 59.7 cm³/mol. The van der Waals surface area contributed by atoms with E-state index in [9.17, 15) is 4.79 Å². The Balaban J connectivity index is 2.59. The molecular formula is C12H12N2O. The van der Waals surface area contributed by atoms with Gasteiger partial charge in [-0.15, -0.1) is 0 Å². The van der Waals surface area contributed by atoms with E-state index in [0.717, 1.165) is 5.56 Å². The molecule has 0 saturated heterocycles. The Morgan fingerprint density at radius 1 is 1.13 bits per heavy atom. The van der Waals surface area contributed by atoms with Crippen molar-refractivity contribution >= 4 is 0 Å². The van der Waals surface area contributed by atoms with Crippen LogP contribution in [0.25, 0.3) is 11.1 Å². The molecule has 2 rings (SSSR count). The number of hydrogen-bond donors (Lipinski definition) is 0. The molecule has 0 saturated carbocycles. The second kappa shape index (κ2) is 3.69. The van der Waals surface area contributed by atoms with Crippen molar-refractivity contribution in [2.45, 2.75) is 6.92 Å². The first-order valence-electron chi connectivity index (χ1n) is 4.78. The summed E-state index contributed by atoms with van der Waals surface area (Å²) in [4.78, 5) is 11.8. The van der Waals surface area contributed by atoms with Crippen LogP contribution in [0.15, 0.2) is 41.3 Å². The van der Waals surface area contributed by atoms with Crippen molar-refractivity contribution in [3.63, 3.8) is 0 Å². The van der Waals surface area contributed by atoms with Gasteiger partial charge in [0.1, 0.15) is 0 Å². The van der Waals surface area contributed by atoms with Crippen LogP contribution in [-0.2, 0) is 7.05 Å². The Morgan fingerprint density at radius 3 is 2.47 bits per heavy atom. The normalized spacial score (nSPS) is 10.3. The summed E-state index contributed by atoms with van der Waals surface area (Å²) in [7, 11) is 1.65. The minimum atomic E-state index is -0.0682. The van der Waals surface area contributed by atoms with Gasteiger partial charge in [-0.3, -0.25) is 4.79 Å². The summed E-state index contributed by atoms with van der Waals surface area (Å²) in [5, 5.41) is 3.89. The average molecular weight is 200 g/mol. The molecule has 0 aliphatic heterocycles. The monoisotopic (exact) mass is 200 g/mol. The second-order valence-electron chi connectivity index (χ2n) is 3.54. The highest BCUT2D eigenvalue weighted by atomic mass is 16.1. The molecule has 0 radical (unpaired) electrons. The number of aromatic nitrogens is 2. The third kappa shape index (κ3) is 1.81. The molecule has 3 heteroatoms. The smallest absolute Gasteiger partial charge is 0.267 e. The molecule has 1 aromatic carbocycles. The van der Waals surface area contributed by atoms with E-state index in [1.807, 2.05) is 31.2 Å². The highest BCUT2D eigenvalue weighted by Crippen LogP contribution is 2.14. The molecular weight excluding hydrogens is 188 g/mol. The maximum atomic E-state index is 11.8. The zero-order valence-corrected chi connectivity index (χ0v) is 8.77. The standard InChI is InChI=1S/C12H12N2O/c1-9-3-5-10(6-4-9)11-7-8-13-14(2)12(11)15/h3-8H,1-2H3. The maximum Gasteiger partial charge on any atom is 0.274 e. The van der Waals surface area contributed by atoms with Gasteiger partial charge in [-0.1, -0.05) is 29.8 Å². The summed E-state index contributed by atoms with van der Waals surface area (Å²) in [6.07, 6.45) is 1.64. The van der Waals surface area contributed by atoms with E-state index >= 15 is 0 Å². The van der Waals surface area contributed by atoms with Crippen LogP contribution in [-0.4, -0.2) is 9.78 Å². The van der Waals surface area contributed by atoms with E-state index in [4.69, 9.17) is 0 Å². The van der Waals surface area contributed by atoms with Crippen molar-refractivity contribution < 1.29 is 0 Å². The molecule has 0 unspecified atom stereocenters. The fraction of sp³-hybridized carbons (Fsp3) is 0.167. The van der Waals surface area contributed by atoms with Crippen molar-refractivity contribution in [1.82, 2.24) is 9.78 Å². The molecule has 0 atom stereocenters. The Labute approximate surface area is 88.0 Å². The lowest BCUT2D eigenvalue weighted by atomic mass is 10.1. The van der Waals surface area contributed by atoms with Crippen molar-refractivity contribution in [3.05, 3.63) is 52.4 Å². The number of rotatable bonds is 1. The zero-order valence-electron chi connectivity index (χ0n) is 8.77. The van der Waals surface area contributed by atoms with Gasteiger partial charge in [-0.05, 0) is 18.6 Å². The van der Waals surface area contributed by atoms with Crippen molar-refractivity contribution in [1.29, 1.82) is 0 Å². The van der Waals surface area contributed by atoms with Crippen LogP contribution >= 0.6 is 0 Å². The predicted octanol–water partition coefficient (Wildman–Crippen LogP) is 1.76. The van der Waals surface area contributed by atoms with Crippen molar-refractivity contribution in [2.75, 3.05) is 0 Å². The first-order chi connectivity index (χ1) is 7.18. The molecule has 1 heterocycles. The molecule has 0 aliphatic carbocycles. The van der Waals surface area contributed by atoms with Crippen LogP contribution < -0.4 is 5.56 Å². The van der Waals surface area contributed by atoms with Gasteiger partial charge in [-0.25, -0.2) is 4.68 Å². The van der Waals surface area contributed by atoms with Crippen molar-refractivity contribution in [3.8, 4) is 11.1 Å². The van der Waals surface area contributed by atoms with Crippen LogP contribution in [0.3, 0.4) is 0 Å². The molecule has 0 N–H and O–H groups in total. The summed E-state index contributed by atoms with van der Waals surface area (Å²) in [5.74, 6) is 0. The molecule has 0 aliphatic rings. The van der Waals surface area contributed by atoms with Crippen LogP contribution in [0.5, 0.6) is 0 Å². The van der Waals surface area contributed by atoms with Gasteiger partial charge < -0.3 is 0 Å². The first-order valence-corrected chi connectivity index (χ1v) is 4.78. The summed E-state index contributed by atoms with van der Waals surface area (Å²) in [6.45, 7) is 2.02. The van der Waals surface area contributed by atoms with Gasteiger partial charge in [0.05, 0.1) is 5.56 Å². The Kier molecular flexibility index (Phi) is 2.37. The summed E-state index contributed by atoms with van der Waals surface area (Å²) < 4.78 is 1.34. The van der Waals surface area contributed by atoms with Crippen LogP contribution in [0.2, 0.25) is 0 Å². The Bertz CT molecular complexity index is 526. The SMILES string of the molecule is Cc1ccc(-c2ccnn(C)c2=O)cc1. The van der Waals surface area contributed by atoms with E-state index in [0.29, 0.717) is 5.56 Å². The molecule has 76 valence electrons. The fourth-order valence-electron chi connectivity index (χ4n) is 1.46. The minimum absolute atomic E-state index is 0.0682. The van der Waals surface area contributed by atoms with E-state index in [-0.39, 0.29) is 5.56 Å². The van der Waals surface area contributed by atoms with Gasteiger partial charge in [-0.2, -0.15) is 5.10 Å². The second-order valence-corrected chi connectivity index (χ2v) is 3.54. The Hall–Kier alpha value is -1.90. The van der Waals surface area contributed by atoms with E-state index in [2.05, 4.69) is 5.10 Å². The third-order valence-corrected chi connectivity index (χ3v) is 2.37. The summed E-state index contributed by atoms with van der Waals surface area (Å²) in [6, 6.07) is 9.63. The number of aryl methyl sites for hydroxylation is 2. The van der Waals surface area contributed by atoms with Gasteiger partial charge in [0.25, 0.3) is 5.56 Å². The number of nitrogens with zero attached hydrogens (tertiary/aromatic N) is 2. The number of hydrogen-bond acceptors (Lipinski definition) is 2.